The molecule has 26 heavy (non-hydrogen) atoms. The molecule has 2 aliphatic carbocycles. The first-order chi connectivity index (χ1) is 12.7. The van der Waals surface area contributed by atoms with E-state index in [-0.39, 0.29) is 17.7 Å². The van der Waals surface area contributed by atoms with Crippen molar-refractivity contribution in [2.45, 2.75) is 70.6 Å². The minimum Gasteiger partial charge on any atom is -0.381 e. The molecule has 0 spiro atoms. The van der Waals surface area contributed by atoms with E-state index in [9.17, 15) is 9.18 Å². The fourth-order valence-electron chi connectivity index (χ4n) is 4.80. The zero-order valence-corrected chi connectivity index (χ0v) is 15.7. The molecule has 0 saturated heterocycles. The number of nitrogens with zero attached hydrogens (tertiary/aromatic N) is 3. The second kappa shape index (κ2) is 7.67. The second-order valence-corrected chi connectivity index (χ2v) is 8.23. The van der Waals surface area contributed by atoms with Gasteiger partial charge in [0, 0.05) is 43.6 Å². The van der Waals surface area contributed by atoms with Crippen LogP contribution in [-0.4, -0.2) is 46.5 Å². The third kappa shape index (κ3) is 3.53. The fourth-order valence-corrected chi connectivity index (χ4v) is 4.80. The average Bonchev–Trinajstić information content (AvgIpc) is 3.27. The van der Waals surface area contributed by atoms with Gasteiger partial charge >= 0.3 is 0 Å². The number of ether oxygens (including phenoxy) is 1. The summed E-state index contributed by atoms with van der Waals surface area (Å²) in [6.07, 6.45) is 7.16. The highest BCUT2D eigenvalue weighted by Gasteiger charge is 2.40. The normalized spacial score (nSPS) is 28.8. The summed E-state index contributed by atoms with van der Waals surface area (Å²) in [6.45, 7) is 5.53. The smallest absolute Gasteiger partial charge is 0.226 e. The molecule has 2 heterocycles. The standard InChI is InChI=1S/C20H30FN3O2/c1-2-26-13-17-12-23(20(25)15-7-18(21)8-15)11-16-9-22-24(19(16)17)10-14-5-3-4-6-14/h9,14-15,17-18H,2-8,10-13H2,1H3. The number of carbonyl (C=O) groups is 1. The van der Waals surface area contributed by atoms with Crippen LogP contribution < -0.4 is 0 Å². The van der Waals surface area contributed by atoms with E-state index in [4.69, 9.17) is 4.74 Å². The molecular formula is C20H30FN3O2. The summed E-state index contributed by atoms with van der Waals surface area (Å²) in [4.78, 5) is 14.6. The molecular weight excluding hydrogens is 333 g/mol. The van der Waals surface area contributed by atoms with Crippen molar-refractivity contribution in [3.63, 3.8) is 0 Å². The van der Waals surface area contributed by atoms with Crippen LogP contribution in [0.2, 0.25) is 0 Å². The Morgan fingerprint density at radius 2 is 2.12 bits per heavy atom. The molecule has 1 aromatic heterocycles. The molecule has 2 fully saturated rings. The summed E-state index contributed by atoms with van der Waals surface area (Å²) in [6, 6.07) is 0. The van der Waals surface area contributed by atoms with Gasteiger partial charge in [-0.2, -0.15) is 5.10 Å². The molecule has 0 aromatic carbocycles. The summed E-state index contributed by atoms with van der Waals surface area (Å²) >= 11 is 0. The van der Waals surface area contributed by atoms with Crippen LogP contribution in [0.15, 0.2) is 6.20 Å². The molecule has 144 valence electrons. The highest BCUT2D eigenvalue weighted by Crippen LogP contribution is 2.36. The van der Waals surface area contributed by atoms with Crippen LogP contribution in [0.5, 0.6) is 0 Å². The SMILES string of the molecule is CCOCC1CN(C(=O)C2CC(F)C2)Cc2cnn(CC3CCCC3)c21. The summed E-state index contributed by atoms with van der Waals surface area (Å²) < 4.78 is 21.1. The quantitative estimate of drug-likeness (QED) is 0.779. The van der Waals surface area contributed by atoms with Gasteiger partial charge in [-0.1, -0.05) is 12.8 Å². The van der Waals surface area contributed by atoms with Gasteiger partial charge in [0.1, 0.15) is 6.17 Å². The molecule has 1 atom stereocenters. The van der Waals surface area contributed by atoms with Gasteiger partial charge < -0.3 is 9.64 Å². The fraction of sp³-hybridized carbons (Fsp3) is 0.800. The van der Waals surface area contributed by atoms with Gasteiger partial charge in [0.15, 0.2) is 0 Å². The molecule has 0 radical (unpaired) electrons. The second-order valence-electron chi connectivity index (χ2n) is 8.23. The summed E-state index contributed by atoms with van der Waals surface area (Å²) in [7, 11) is 0. The number of carbonyl (C=O) groups excluding carboxylic acids is 1. The Kier molecular flexibility index (Phi) is 5.30. The topological polar surface area (TPSA) is 47.4 Å². The lowest BCUT2D eigenvalue weighted by molar-refractivity contribution is -0.142. The summed E-state index contributed by atoms with van der Waals surface area (Å²) in [5.74, 6) is 0.859. The maximum absolute atomic E-state index is 13.2. The first-order valence-electron chi connectivity index (χ1n) is 10.2. The molecule has 4 rings (SSSR count). The molecule has 3 aliphatic rings. The first-order valence-corrected chi connectivity index (χ1v) is 10.2. The zero-order valence-electron chi connectivity index (χ0n) is 15.7. The lowest BCUT2D eigenvalue weighted by Crippen LogP contribution is -2.46. The van der Waals surface area contributed by atoms with Crippen molar-refractivity contribution in [3.05, 3.63) is 17.5 Å². The van der Waals surface area contributed by atoms with E-state index in [1.807, 2.05) is 18.0 Å². The molecule has 6 heteroatoms. The van der Waals surface area contributed by atoms with Crippen LogP contribution in [-0.2, 0) is 22.6 Å². The number of rotatable bonds is 6. The Bertz CT molecular complexity index is 635. The van der Waals surface area contributed by atoms with E-state index < -0.39 is 6.17 Å². The number of halogens is 1. The predicted octanol–water partition coefficient (Wildman–Crippen LogP) is 3.28. The minimum atomic E-state index is -0.794. The Balaban J connectivity index is 1.51. The Morgan fingerprint density at radius 1 is 1.35 bits per heavy atom. The lowest BCUT2D eigenvalue weighted by atomic mass is 9.81. The third-order valence-corrected chi connectivity index (χ3v) is 6.32. The molecule has 1 unspecified atom stereocenters. The maximum Gasteiger partial charge on any atom is 0.226 e. The first kappa shape index (κ1) is 18.0. The van der Waals surface area contributed by atoms with Crippen LogP contribution in [0.3, 0.4) is 0 Å². The molecule has 1 amide bonds. The monoisotopic (exact) mass is 363 g/mol. The molecule has 0 bridgehead atoms. The molecule has 5 nitrogen and oxygen atoms in total. The number of hydrogen-bond donors (Lipinski definition) is 0. The van der Waals surface area contributed by atoms with Crippen LogP contribution in [0.1, 0.15) is 62.6 Å². The van der Waals surface area contributed by atoms with Gasteiger partial charge in [-0.05, 0) is 38.5 Å². The number of alkyl halides is 1. The number of aromatic nitrogens is 2. The van der Waals surface area contributed by atoms with Crippen molar-refractivity contribution in [2.24, 2.45) is 11.8 Å². The largest absolute Gasteiger partial charge is 0.381 e. The van der Waals surface area contributed by atoms with Gasteiger partial charge in [0.05, 0.1) is 18.5 Å². The predicted molar refractivity (Wildman–Crippen MR) is 96.5 cm³/mol. The molecule has 0 N–H and O–H groups in total. The van der Waals surface area contributed by atoms with Crippen LogP contribution in [0.25, 0.3) is 0 Å². The van der Waals surface area contributed by atoms with Crippen molar-refractivity contribution in [1.29, 1.82) is 0 Å². The number of fused-ring (bicyclic) bond motifs is 1. The van der Waals surface area contributed by atoms with Gasteiger partial charge in [0.2, 0.25) is 5.91 Å². The zero-order chi connectivity index (χ0) is 18.1. The Labute approximate surface area is 154 Å². The van der Waals surface area contributed by atoms with Crippen LogP contribution in [0, 0.1) is 11.8 Å². The summed E-state index contributed by atoms with van der Waals surface area (Å²) in [5, 5.41) is 4.67. The highest BCUT2D eigenvalue weighted by atomic mass is 19.1. The van der Waals surface area contributed by atoms with Crippen molar-refractivity contribution in [3.8, 4) is 0 Å². The van der Waals surface area contributed by atoms with Gasteiger partial charge in [-0.25, -0.2) is 4.39 Å². The van der Waals surface area contributed by atoms with E-state index in [1.165, 1.54) is 31.4 Å². The van der Waals surface area contributed by atoms with E-state index in [0.29, 0.717) is 39.1 Å². The average molecular weight is 363 g/mol. The molecule has 1 aliphatic heterocycles. The Hall–Kier alpha value is -1.43. The van der Waals surface area contributed by atoms with E-state index in [2.05, 4.69) is 9.78 Å². The van der Waals surface area contributed by atoms with Crippen molar-refractivity contribution >= 4 is 5.91 Å². The highest BCUT2D eigenvalue weighted by molar-refractivity contribution is 5.80. The number of amides is 1. The maximum atomic E-state index is 13.2. The minimum absolute atomic E-state index is 0.106. The van der Waals surface area contributed by atoms with Gasteiger partial charge in [0.25, 0.3) is 0 Å². The van der Waals surface area contributed by atoms with E-state index >= 15 is 0 Å². The van der Waals surface area contributed by atoms with Gasteiger partial charge in [-0.3, -0.25) is 9.48 Å². The lowest BCUT2D eigenvalue weighted by Gasteiger charge is -2.38. The third-order valence-electron chi connectivity index (χ3n) is 6.32. The summed E-state index contributed by atoms with van der Waals surface area (Å²) in [5.41, 5.74) is 2.40. The van der Waals surface area contributed by atoms with E-state index in [1.54, 1.807) is 0 Å². The van der Waals surface area contributed by atoms with Crippen molar-refractivity contribution in [1.82, 2.24) is 14.7 Å². The van der Waals surface area contributed by atoms with Crippen molar-refractivity contribution in [2.75, 3.05) is 19.8 Å². The number of hydrogen-bond acceptors (Lipinski definition) is 3. The molecule has 1 aromatic rings. The van der Waals surface area contributed by atoms with Crippen molar-refractivity contribution < 1.29 is 13.9 Å². The van der Waals surface area contributed by atoms with Gasteiger partial charge in [-0.15, -0.1) is 0 Å². The molecule has 2 saturated carbocycles. The van der Waals surface area contributed by atoms with Crippen LogP contribution >= 0.6 is 0 Å². The van der Waals surface area contributed by atoms with Crippen LogP contribution in [0.4, 0.5) is 4.39 Å². The van der Waals surface area contributed by atoms with E-state index in [0.717, 1.165) is 18.0 Å². The Morgan fingerprint density at radius 3 is 2.81 bits per heavy atom.